The number of rotatable bonds is 5. The first-order valence-corrected chi connectivity index (χ1v) is 18.6. The maximum Gasteiger partial charge on any atom is 0.416 e. The number of methoxy groups -OCH3 is 1. The minimum atomic E-state index is -4.83. The zero-order valence-corrected chi connectivity index (χ0v) is 30.9. The van der Waals surface area contributed by atoms with Crippen molar-refractivity contribution in [1.82, 2.24) is 29.5 Å². The smallest absolute Gasteiger partial charge is 0.416 e. The van der Waals surface area contributed by atoms with E-state index in [9.17, 15) is 27.5 Å². The monoisotopic (exact) mass is 782 g/mol. The third-order valence-corrected chi connectivity index (χ3v) is 11.6. The minimum absolute atomic E-state index is 0.0193. The second-order valence-corrected chi connectivity index (χ2v) is 15.4. The number of fused-ring (bicyclic) bond motifs is 3. The number of aromatic nitrogens is 4. The van der Waals surface area contributed by atoms with Crippen molar-refractivity contribution >= 4 is 29.0 Å². The van der Waals surface area contributed by atoms with Crippen LogP contribution in [0.4, 0.5) is 33.5 Å². The van der Waals surface area contributed by atoms with Crippen LogP contribution in [0.1, 0.15) is 83.7 Å². The number of aliphatic hydroxyl groups excluding tert-OH is 1. The van der Waals surface area contributed by atoms with Crippen LogP contribution in [-0.2, 0) is 37.0 Å². The largest absolute Gasteiger partial charge is 0.467 e. The van der Waals surface area contributed by atoms with Gasteiger partial charge < -0.3 is 30.1 Å². The number of amides is 1. The van der Waals surface area contributed by atoms with Gasteiger partial charge in [0.25, 0.3) is 5.91 Å². The molecule has 1 amide bonds. The topological polar surface area (TPSA) is 135 Å². The van der Waals surface area contributed by atoms with Gasteiger partial charge in [-0.1, -0.05) is 18.5 Å². The van der Waals surface area contributed by atoms with E-state index in [2.05, 4.69) is 20.0 Å². The molecular formula is C36H44ClF5N8O4. The molecule has 8 rings (SSSR count). The Bertz CT molecular complexity index is 1890. The van der Waals surface area contributed by atoms with Crippen LogP contribution < -0.4 is 15.4 Å². The van der Waals surface area contributed by atoms with Crippen molar-refractivity contribution in [3.8, 4) is 6.01 Å². The molecule has 0 aliphatic carbocycles. The number of nitrogen functional groups attached to an aromatic ring is 1. The minimum Gasteiger partial charge on any atom is -0.467 e. The molecule has 3 aromatic rings. The van der Waals surface area contributed by atoms with Crippen molar-refractivity contribution in [1.29, 1.82) is 0 Å². The number of aryl methyl sites for hydroxylation is 1. The van der Waals surface area contributed by atoms with Crippen LogP contribution in [0.2, 0.25) is 5.02 Å². The number of nitrogens with two attached hydrogens (primary N) is 1. The van der Waals surface area contributed by atoms with Gasteiger partial charge in [0.15, 0.2) is 11.5 Å². The summed E-state index contributed by atoms with van der Waals surface area (Å²) in [6, 6.07) is 2.22. The summed E-state index contributed by atoms with van der Waals surface area (Å²) in [5.74, 6) is -1.07. The lowest BCUT2D eigenvalue weighted by molar-refractivity contribution is -0.140. The Morgan fingerprint density at radius 3 is 2.69 bits per heavy atom. The van der Waals surface area contributed by atoms with Gasteiger partial charge in [0.05, 0.1) is 60.6 Å². The predicted molar refractivity (Wildman–Crippen MR) is 188 cm³/mol. The fraction of sp³-hybridized carbons (Fsp3) is 0.611. The summed E-state index contributed by atoms with van der Waals surface area (Å²) in [7, 11) is 1.37. The van der Waals surface area contributed by atoms with E-state index < -0.39 is 41.1 Å². The molecule has 3 saturated heterocycles. The number of aliphatic hydroxyl groups is 1. The average Bonchev–Trinajstić information content (AvgIpc) is 3.88. The molecule has 2 aromatic heterocycles. The summed E-state index contributed by atoms with van der Waals surface area (Å²) in [4.78, 5) is 28.2. The SMILES string of the molecule is COc1nc2c(c(N3CCCn4nc(C(=O)N5CCC(C)(CO)C5)c(Cl)c4C3)n1)COC(c1c(C(F)(F)F)ccc(N)c1F)C2.FC1CC2CCCN2C1. The zero-order valence-electron chi connectivity index (χ0n) is 30.1. The summed E-state index contributed by atoms with van der Waals surface area (Å²) in [6.45, 7) is 5.62. The van der Waals surface area contributed by atoms with Crippen molar-refractivity contribution < 1.29 is 41.3 Å². The van der Waals surface area contributed by atoms with Crippen LogP contribution in [-0.4, -0.2) is 99.2 Å². The summed E-state index contributed by atoms with van der Waals surface area (Å²) in [6.07, 6.45) is -2.23. The third kappa shape index (κ3) is 7.43. The Kier molecular flexibility index (Phi) is 10.7. The van der Waals surface area contributed by atoms with Gasteiger partial charge in [-0.2, -0.15) is 28.2 Å². The van der Waals surface area contributed by atoms with Crippen LogP contribution in [0.25, 0.3) is 0 Å². The van der Waals surface area contributed by atoms with E-state index >= 15 is 4.39 Å². The summed E-state index contributed by atoms with van der Waals surface area (Å²) < 4.78 is 82.1. The first kappa shape index (κ1) is 38.5. The lowest BCUT2D eigenvalue weighted by atomic mass is 9.91. The van der Waals surface area contributed by atoms with E-state index in [1.54, 1.807) is 9.58 Å². The highest BCUT2D eigenvalue weighted by atomic mass is 35.5. The van der Waals surface area contributed by atoms with Crippen LogP contribution in [0.5, 0.6) is 6.01 Å². The van der Waals surface area contributed by atoms with Crippen molar-refractivity contribution in [3.05, 3.63) is 56.7 Å². The lowest BCUT2D eigenvalue weighted by Crippen LogP contribution is -2.33. The Hall–Kier alpha value is -3.80. The highest BCUT2D eigenvalue weighted by molar-refractivity contribution is 6.34. The number of ether oxygens (including phenoxy) is 2. The number of hydrogen-bond acceptors (Lipinski definition) is 10. The Morgan fingerprint density at radius 2 is 1.98 bits per heavy atom. The molecule has 12 nitrogen and oxygen atoms in total. The summed E-state index contributed by atoms with van der Waals surface area (Å²) in [5.41, 5.74) is 4.60. The first-order chi connectivity index (χ1) is 25.7. The van der Waals surface area contributed by atoms with E-state index in [4.69, 9.17) is 26.8 Å². The van der Waals surface area contributed by atoms with Crippen LogP contribution in [0, 0.1) is 11.2 Å². The number of alkyl halides is 4. The van der Waals surface area contributed by atoms with Crippen LogP contribution >= 0.6 is 11.6 Å². The second kappa shape index (κ2) is 15.0. The van der Waals surface area contributed by atoms with Crippen LogP contribution in [0.15, 0.2) is 12.1 Å². The van der Waals surface area contributed by atoms with Gasteiger partial charge >= 0.3 is 12.2 Å². The maximum absolute atomic E-state index is 15.1. The highest BCUT2D eigenvalue weighted by Crippen LogP contribution is 2.43. The number of benzene rings is 1. The molecule has 18 heteroatoms. The quantitative estimate of drug-likeness (QED) is 0.258. The normalized spacial score (nSPS) is 25.5. The number of carbonyl (C=O) groups excluding carboxylic acids is 1. The number of hydrogen-bond donors (Lipinski definition) is 2. The van der Waals surface area contributed by atoms with E-state index in [0.717, 1.165) is 25.1 Å². The van der Waals surface area contributed by atoms with Gasteiger partial charge in [0, 0.05) is 61.7 Å². The first-order valence-electron chi connectivity index (χ1n) is 18.2. The van der Waals surface area contributed by atoms with Gasteiger partial charge in [0.2, 0.25) is 0 Å². The van der Waals surface area contributed by atoms with E-state index in [1.807, 2.05) is 11.8 Å². The number of halogens is 6. The molecule has 294 valence electrons. The van der Waals surface area contributed by atoms with Crippen molar-refractivity contribution in [2.75, 3.05) is 57.1 Å². The molecule has 0 radical (unpaired) electrons. The van der Waals surface area contributed by atoms with E-state index in [-0.39, 0.29) is 54.2 Å². The van der Waals surface area contributed by atoms with Gasteiger partial charge in [-0.3, -0.25) is 14.4 Å². The lowest BCUT2D eigenvalue weighted by Gasteiger charge is -2.31. The zero-order chi connectivity index (χ0) is 38.5. The number of carbonyl (C=O) groups is 1. The average molecular weight is 783 g/mol. The van der Waals surface area contributed by atoms with Gasteiger partial charge in [0.1, 0.15) is 12.0 Å². The van der Waals surface area contributed by atoms with Crippen LogP contribution in [0.3, 0.4) is 0 Å². The van der Waals surface area contributed by atoms with Crippen molar-refractivity contribution in [2.45, 2.75) is 89.6 Å². The molecule has 0 spiro atoms. The Balaban J connectivity index is 0.000000433. The number of anilines is 2. The van der Waals surface area contributed by atoms with Crippen molar-refractivity contribution in [2.24, 2.45) is 5.41 Å². The fourth-order valence-corrected chi connectivity index (χ4v) is 8.52. The molecule has 7 heterocycles. The predicted octanol–water partition coefficient (Wildman–Crippen LogP) is 5.34. The molecular weight excluding hydrogens is 739 g/mol. The number of nitrogens with zero attached hydrogens (tertiary/aromatic N) is 7. The molecule has 5 aliphatic rings. The standard InChI is InChI=1S/C29H32ClF4N7O4.C7H12FN/c1-28(14-42)6-9-40(13-28)26(43)24-22(30)19-11-39(7-3-8-41(19)38-24)25-15-12-45-20(10-18(15)36-27(37-25)44-2)21-16(29(32,33)34)4-5-17(35)23(21)31;8-6-4-7-2-1-3-9(7)5-6/h4-5,20,42H,3,6-14,35H2,1-2H3;6-7H,1-5H2. The summed E-state index contributed by atoms with van der Waals surface area (Å²) >= 11 is 6.79. The molecule has 3 N–H and O–H groups in total. The molecule has 3 fully saturated rings. The third-order valence-electron chi connectivity index (χ3n) is 11.2. The number of likely N-dealkylation sites (tertiary alicyclic amines) is 1. The Labute approximate surface area is 314 Å². The highest BCUT2D eigenvalue weighted by Gasteiger charge is 2.41. The Morgan fingerprint density at radius 1 is 1.19 bits per heavy atom. The fourth-order valence-electron chi connectivity index (χ4n) is 8.24. The molecule has 1 aromatic carbocycles. The molecule has 0 saturated carbocycles. The van der Waals surface area contributed by atoms with Gasteiger partial charge in [-0.25, -0.2) is 8.78 Å². The van der Waals surface area contributed by atoms with E-state index in [1.165, 1.54) is 20.0 Å². The maximum atomic E-state index is 15.1. The van der Waals surface area contributed by atoms with Gasteiger partial charge in [-0.05, 0) is 50.8 Å². The van der Waals surface area contributed by atoms with Gasteiger partial charge in [-0.15, -0.1) is 0 Å². The molecule has 4 atom stereocenters. The molecule has 4 unspecified atom stereocenters. The second-order valence-electron chi connectivity index (χ2n) is 15.1. The molecule has 5 aliphatic heterocycles. The summed E-state index contributed by atoms with van der Waals surface area (Å²) in [5, 5.41) is 14.5. The molecule has 54 heavy (non-hydrogen) atoms. The molecule has 0 bridgehead atoms. The van der Waals surface area contributed by atoms with Crippen molar-refractivity contribution in [3.63, 3.8) is 0 Å². The van der Waals surface area contributed by atoms with E-state index in [0.29, 0.717) is 74.4 Å².